The topological polar surface area (TPSA) is 312 Å². The van der Waals surface area contributed by atoms with E-state index in [1.807, 2.05) is 0 Å². The fourth-order valence-corrected chi connectivity index (χ4v) is 5.29. The second kappa shape index (κ2) is 13.7. The molecule has 3 aliphatic rings. The molecule has 0 aromatic rings. The van der Waals surface area contributed by atoms with Crippen LogP contribution in [0.1, 0.15) is 19.8 Å². The number of carbonyl (C=O) groups excluding carboxylic acids is 1. The first-order valence-electron chi connectivity index (χ1n) is 13.0. The third-order valence-electron chi connectivity index (χ3n) is 7.41. The lowest BCUT2D eigenvalue weighted by Gasteiger charge is -2.49. The molecule has 0 spiro atoms. The summed E-state index contributed by atoms with van der Waals surface area (Å²) < 4.78 is 23.0. The van der Waals surface area contributed by atoms with Gasteiger partial charge in [-0.15, -0.1) is 12.6 Å². The predicted molar refractivity (Wildman–Crippen MR) is 138 cm³/mol. The third kappa shape index (κ3) is 7.22. The minimum absolute atomic E-state index is 0.0337. The zero-order chi connectivity index (χ0) is 30.1. The van der Waals surface area contributed by atoms with Crippen molar-refractivity contribution in [1.29, 1.82) is 0 Å². The summed E-state index contributed by atoms with van der Waals surface area (Å²) >= 11 is 4.00. The third-order valence-corrected chi connectivity index (χ3v) is 7.67. The van der Waals surface area contributed by atoms with E-state index in [4.69, 9.17) is 41.9 Å². The first kappa shape index (κ1) is 33.7. The van der Waals surface area contributed by atoms with Crippen LogP contribution >= 0.6 is 12.6 Å². The van der Waals surface area contributed by atoms with Crippen LogP contribution in [0.4, 0.5) is 0 Å². The van der Waals surface area contributed by atoms with E-state index in [9.17, 15) is 40.5 Å². The van der Waals surface area contributed by atoms with Gasteiger partial charge in [0.05, 0.1) is 12.1 Å². The van der Waals surface area contributed by atoms with Gasteiger partial charge in [-0.1, -0.05) is 0 Å². The molecule has 1 amide bonds. The van der Waals surface area contributed by atoms with Crippen molar-refractivity contribution in [3.63, 3.8) is 0 Å². The molecule has 1 saturated carbocycles. The monoisotopic (exact) mass is 601 g/mol. The number of hydrogen-bond donors (Lipinski definition) is 13. The van der Waals surface area contributed by atoms with Gasteiger partial charge in [-0.05, 0) is 26.3 Å². The van der Waals surface area contributed by atoms with Crippen molar-refractivity contribution >= 4 is 18.5 Å². The summed E-state index contributed by atoms with van der Waals surface area (Å²) in [6, 6.07) is -3.45. The molecule has 0 aromatic carbocycles. The van der Waals surface area contributed by atoms with E-state index < -0.39 is 103 Å². The van der Waals surface area contributed by atoms with Crippen LogP contribution < -0.4 is 28.3 Å². The van der Waals surface area contributed by atoms with Crippen molar-refractivity contribution in [2.75, 3.05) is 13.1 Å². The molecule has 0 radical (unpaired) electrons. The Hall–Kier alpha value is -0.780. The lowest BCUT2D eigenvalue weighted by Crippen LogP contribution is -2.70. The van der Waals surface area contributed by atoms with Gasteiger partial charge < -0.3 is 82.9 Å². The fraction of sp³-hybridized carbons (Fsp3) is 0.955. The van der Waals surface area contributed by atoms with Crippen LogP contribution in [0, 0.1) is 0 Å². The molecule has 2 heterocycles. The Morgan fingerprint density at radius 3 is 2.17 bits per heavy atom. The number of ether oxygens (including phenoxy) is 4. The minimum atomic E-state index is -1.93. The van der Waals surface area contributed by atoms with E-state index in [0.717, 1.165) is 0 Å². The maximum Gasteiger partial charge on any atom is 0.249 e. The number of amides is 1. The van der Waals surface area contributed by atoms with Gasteiger partial charge in [-0.3, -0.25) is 4.79 Å². The average Bonchev–Trinajstić information content (AvgIpc) is 3.15. The average molecular weight is 602 g/mol. The molecule has 3 rings (SSSR count). The van der Waals surface area contributed by atoms with Gasteiger partial charge in [0.2, 0.25) is 5.91 Å². The molecular weight excluding hydrogens is 558 g/mol. The number of nitrogens with two attached hydrogens (primary N) is 4. The maximum atomic E-state index is 12.4. The van der Waals surface area contributed by atoms with Crippen LogP contribution in [0.2, 0.25) is 0 Å². The summed E-state index contributed by atoms with van der Waals surface area (Å²) in [5.74, 6) is -0.816. The molecule has 2 saturated heterocycles. The summed E-state index contributed by atoms with van der Waals surface area (Å²) in [5.41, 5.74) is 23.4. The largest absolute Gasteiger partial charge is 0.388 e. The Morgan fingerprint density at radius 1 is 1.00 bits per heavy atom. The Bertz CT molecular complexity index is 844. The maximum absolute atomic E-state index is 12.4. The fourth-order valence-electron chi connectivity index (χ4n) is 5.07. The summed E-state index contributed by atoms with van der Waals surface area (Å²) in [7, 11) is 0. The van der Waals surface area contributed by atoms with E-state index in [1.54, 1.807) is 0 Å². The van der Waals surface area contributed by atoms with Gasteiger partial charge in [0.1, 0.15) is 66.0 Å². The molecule has 2 aliphatic heterocycles. The normalized spacial score (nSPS) is 46.5. The highest BCUT2D eigenvalue weighted by molar-refractivity contribution is 7.81. The van der Waals surface area contributed by atoms with Crippen molar-refractivity contribution < 1.29 is 59.5 Å². The van der Waals surface area contributed by atoms with Crippen LogP contribution in [-0.2, 0) is 23.7 Å². The Balaban J connectivity index is 1.87. The number of thiol groups is 1. The number of nitrogens with one attached hydrogen (secondary N) is 1. The SMILES string of the molecule is CC(O)(S)C1O[C@H](O[C@@H]2C(N)C[C@@H](NC(=O)[C@@H](O)CCN)C(O)C2O[C@@H]2O[C@H](CN)C(O)C2O)C(N)C(O)[C@@H]1O. The van der Waals surface area contributed by atoms with E-state index in [1.165, 1.54) is 6.92 Å². The van der Waals surface area contributed by atoms with Crippen molar-refractivity contribution in [3.05, 3.63) is 0 Å². The van der Waals surface area contributed by atoms with Crippen LogP contribution in [0.25, 0.3) is 0 Å². The molecule has 9 unspecified atom stereocenters. The first-order chi connectivity index (χ1) is 18.6. The van der Waals surface area contributed by atoms with Crippen molar-refractivity contribution in [3.8, 4) is 0 Å². The quantitative estimate of drug-likeness (QED) is 0.0817. The van der Waals surface area contributed by atoms with Crippen LogP contribution in [-0.4, -0.2) is 151 Å². The second-order valence-corrected chi connectivity index (χ2v) is 11.5. The standard InChI is InChI=1S/C22H43N5O12S/c1-22(35,40)18-14(32)13(31)10(26)20(39-18)37-16-6(25)4-7(27-19(34)8(28)2-3-23)11(29)17(16)38-21-15(33)12(30)9(5-24)36-21/h6-18,20-21,28-33,35,40H,2-5,23-26H2,1H3,(H,27,34)/t6?,7-,8+,9-,10?,11?,12?,13?,14+,15?,16-,17?,18?,20+,21+,22?/m1/s1. The van der Waals surface area contributed by atoms with Crippen LogP contribution in [0.15, 0.2) is 0 Å². The Morgan fingerprint density at radius 2 is 1.62 bits per heavy atom. The van der Waals surface area contributed by atoms with Gasteiger partial charge in [-0.2, -0.15) is 0 Å². The highest BCUT2D eigenvalue weighted by Crippen LogP contribution is 2.34. The summed E-state index contributed by atoms with van der Waals surface area (Å²) in [5, 5.41) is 75.6. The smallest absolute Gasteiger partial charge is 0.249 e. The lowest BCUT2D eigenvalue weighted by atomic mass is 9.83. The number of hydrogen-bond acceptors (Lipinski definition) is 17. The zero-order valence-electron chi connectivity index (χ0n) is 21.9. The molecule has 40 heavy (non-hydrogen) atoms. The lowest BCUT2D eigenvalue weighted by molar-refractivity contribution is -0.318. The number of aliphatic hydroxyl groups is 7. The van der Waals surface area contributed by atoms with Crippen molar-refractivity contribution in [1.82, 2.24) is 5.32 Å². The predicted octanol–water partition coefficient (Wildman–Crippen LogP) is -7.14. The van der Waals surface area contributed by atoms with Crippen molar-refractivity contribution in [2.24, 2.45) is 22.9 Å². The van der Waals surface area contributed by atoms with E-state index in [0.29, 0.717) is 0 Å². The summed E-state index contributed by atoms with van der Waals surface area (Å²) in [6.45, 7) is 1.10. The second-order valence-electron chi connectivity index (χ2n) is 10.6. The number of aliphatic hydroxyl groups excluding tert-OH is 6. The highest BCUT2D eigenvalue weighted by atomic mass is 32.1. The Kier molecular flexibility index (Phi) is 11.5. The summed E-state index contributed by atoms with van der Waals surface area (Å²) in [6.07, 6.45) is -17.6. The highest BCUT2D eigenvalue weighted by Gasteiger charge is 2.54. The van der Waals surface area contributed by atoms with Crippen molar-refractivity contribution in [2.45, 2.75) is 116 Å². The van der Waals surface area contributed by atoms with Crippen LogP contribution in [0.5, 0.6) is 0 Å². The number of carbonyl (C=O) groups is 1. The Labute approximate surface area is 236 Å². The van der Waals surface area contributed by atoms with E-state index >= 15 is 0 Å². The van der Waals surface area contributed by atoms with E-state index in [2.05, 4.69) is 17.9 Å². The van der Waals surface area contributed by atoms with Gasteiger partial charge >= 0.3 is 0 Å². The molecule has 3 fully saturated rings. The molecule has 1 aliphatic carbocycles. The van der Waals surface area contributed by atoms with Crippen LogP contribution in [0.3, 0.4) is 0 Å². The molecule has 234 valence electrons. The molecule has 0 aromatic heterocycles. The number of rotatable bonds is 10. The zero-order valence-corrected chi connectivity index (χ0v) is 22.8. The van der Waals surface area contributed by atoms with Gasteiger partial charge in [-0.25, -0.2) is 0 Å². The van der Waals surface area contributed by atoms with Gasteiger partial charge in [0.15, 0.2) is 12.6 Å². The molecule has 16 N–H and O–H groups in total. The van der Waals surface area contributed by atoms with Gasteiger partial charge in [0.25, 0.3) is 0 Å². The molecular formula is C22H43N5O12S. The van der Waals surface area contributed by atoms with E-state index in [-0.39, 0.29) is 25.9 Å². The molecule has 17 nitrogen and oxygen atoms in total. The molecule has 16 atom stereocenters. The minimum Gasteiger partial charge on any atom is -0.388 e. The first-order valence-corrected chi connectivity index (χ1v) is 13.4. The molecule has 18 heteroatoms. The van der Waals surface area contributed by atoms with Gasteiger partial charge in [0, 0.05) is 12.6 Å². The molecule has 0 bridgehead atoms. The summed E-state index contributed by atoms with van der Waals surface area (Å²) in [4.78, 5) is 10.5.